The van der Waals surface area contributed by atoms with Gasteiger partial charge in [-0.2, -0.15) is 0 Å². The Morgan fingerprint density at radius 3 is 2.41 bits per heavy atom. The molecule has 1 aromatic rings. The van der Waals surface area contributed by atoms with Crippen LogP contribution in [0.4, 0.5) is 4.39 Å². The van der Waals surface area contributed by atoms with E-state index in [4.69, 9.17) is 11.6 Å². The van der Waals surface area contributed by atoms with Gasteiger partial charge in [0.2, 0.25) is 0 Å². The van der Waals surface area contributed by atoms with Gasteiger partial charge in [0.25, 0.3) is 0 Å². The average Bonchev–Trinajstić information content (AvgIpc) is 2.21. The molecule has 0 amide bonds. The molecule has 0 radical (unpaired) electrons. The molecule has 17 heavy (non-hydrogen) atoms. The van der Waals surface area contributed by atoms with E-state index in [-0.39, 0.29) is 6.42 Å². The molecule has 2 nitrogen and oxygen atoms in total. The largest absolute Gasteiger partial charge is 0.390 e. The van der Waals surface area contributed by atoms with Crippen molar-refractivity contribution in [1.29, 1.82) is 0 Å². The minimum atomic E-state index is -0.964. The van der Waals surface area contributed by atoms with E-state index in [0.717, 1.165) is 0 Å². The number of benzene rings is 1. The lowest BCUT2D eigenvalue weighted by molar-refractivity contribution is -0.0434. The molecule has 0 saturated heterocycles. The molecule has 96 valence electrons. The van der Waals surface area contributed by atoms with Crippen LogP contribution < -0.4 is 0 Å². The first kappa shape index (κ1) is 14.4. The summed E-state index contributed by atoms with van der Waals surface area (Å²) in [7, 11) is 0. The molecule has 0 heterocycles. The number of hydrogen-bond donors (Lipinski definition) is 2. The van der Waals surface area contributed by atoms with Crippen molar-refractivity contribution in [2.45, 2.75) is 39.4 Å². The molecule has 2 unspecified atom stereocenters. The normalized spacial score (nSPS) is 15.7. The van der Waals surface area contributed by atoms with Crippen LogP contribution in [0.1, 0.15) is 26.3 Å². The van der Waals surface area contributed by atoms with Crippen molar-refractivity contribution >= 4 is 11.6 Å². The van der Waals surface area contributed by atoms with Gasteiger partial charge in [0.05, 0.1) is 12.2 Å². The Kier molecular flexibility index (Phi) is 4.53. The Bertz CT molecular complexity index is 387. The fraction of sp³-hybridized carbons (Fsp3) is 0.538. The van der Waals surface area contributed by atoms with Crippen LogP contribution in [0.5, 0.6) is 0 Å². The monoisotopic (exact) mass is 260 g/mol. The highest BCUT2D eigenvalue weighted by Crippen LogP contribution is 2.25. The first-order valence-electron chi connectivity index (χ1n) is 5.52. The molecule has 0 saturated carbocycles. The summed E-state index contributed by atoms with van der Waals surface area (Å²) in [5.74, 6) is -0.401. The number of aliphatic hydroxyl groups excluding tert-OH is 2. The summed E-state index contributed by atoms with van der Waals surface area (Å²) >= 11 is 5.90. The van der Waals surface area contributed by atoms with E-state index in [1.165, 1.54) is 18.2 Å². The highest BCUT2D eigenvalue weighted by molar-refractivity contribution is 6.31. The van der Waals surface area contributed by atoms with E-state index in [1.54, 1.807) is 0 Å². The number of aliphatic hydroxyl groups is 2. The minimum Gasteiger partial charge on any atom is -0.390 e. The van der Waals surface area contributed by atoms with E-state index in [9.17, 15) is 14.6 Å². The van der Waals surface area contributed by atoms with Crippen molar-refractivity contribution in [3.8, 4) is 0 Å². The first-order valence-corrected chi connectivity index (χ1v) is 5.89. The van der Waals surface area contributed by atoms with Crippen molar-refractivity contribution in [3.63, 3.8) is 0 Å². The second-order valence-electron chi connectivity index (χ2n) is 5.32. The van der Waals surface area contributed by atoms with Gasteiger partial charge in [-0.3, -0.25) is 0 Å². The van der Waals surface area contributed by atoms with Gasteiger partial charge in [0, 0.05) is 11.4 Å². The molecule has 0 aliphatic carbocycles. The molecule has 0 fully saturated rings. The van der Waals surface area contributed by atoms with Crippen LogP contribution in [-0.4, -0.2) is 22.4 Å². The molecule has 1 rings (SSSR count). The molecule has 2 N–H and O–H groups in total. The Balaban J connectivity index is 2.81. The van der Waals surface area contributed by atoms with Crippen LogP contribution >= 0.6 is 11.6 Å². The van der Waals surface area contributed by atoms with Crippen molar-refractivity contribution in [2.75, 3.05) is 0 Å². The fourth-order valence-electron chi connectivity index (χ4n) is 1.61. The Morgan fingerprint density at radius 1 is 1.29 bits per heavy atom. The van der Waals surface area contributed by atoms with Crippen LogP contribution in [0, 0.1) is 11.2 Å². The number of rotatable bonds is 3. The highest BCUT2D eigenvalue weighted by atomic mass is 35.5. The Labute approximate surface area is 106 Å². The summed E-state index contributed by atoms with van der Waals surface area (Å²) in [5, 5.41) is 20.2. The van der Waals surface area contributed by atoms with Crippen LogP contribution in [0.15, 0.2) is 18.2 Å². The zero-order chi connectivity index (χ0) is 13.2. The maximum atomic E-state index is 13.0. The Morgan fingerprint density at radius 2 is 1.88 bits per heavy atom. The van der Waals surface area contributed by atoms with Crippen LogP contribution in [-0.2, 0) is 6.42 Å². The summed E-state index contributed by atoms with van der Waals surface area (Å²) in [6, 6.07) is 3.99. The molecule has 0 bridgehead atoms. The van der Waals surface area contributed by atoms with Gasteiger partial charge in [-0.15, -0.1) is 0 Å². The van der Waals surface area contributed by atoms with Gasteiger partial charge in [0.1, 0.15) is 5.82 Å². The van der Waals surface area contributed by atoms with Crippen molar-refractivity contribution in [3.05, 3.63) is 34.6 Å². The molecule has 4 heteroatoms. The van der Waals surface area contributed by atoms with E-state index < -0.39 is 23.4 Å². The fourth-order valence-corrected chi connectivity index (χ4v) is 1.81. The number of hydrogen-bond acceptors (Lipinski definition) is 2. The lowest BCUT2D eigenvalue weighted by atomic mass is 9.84. The predicted octanol–water partition coefficient (Wildman–Crippen LogP) is 2.79. The molecule has 0 aliphatic rings. The molecule has 2 atom stereocenters. The van der Waals surface area contributed by atoms with E-state index in [0.29, 0.717) is 10.6 Å². The van der Waals surface area contributed by atoms with Crippen molar-refractivity contribution < 1.29 is 14.6 Å². The zero-order valence-corrected chi connectivity index (χ0v) is 11.0. The summed E-state index contributed by atoms with van der Waals surface area (Å²) in [4.78, 5) is 0. The highest BCUT2D eigenvalue weighted by Gasteiger charge is 2.29. The van der Waals surface area contributed by atoms with Crippen LogP contribution in [0.25, 0.3) is 0 Å². The quantitative estimate of drug-likeness (QED) is 0.877. The summed E-state index contributed by atoms with van der Waals surface area (Å²) < 4.78 is 13.0. The van der Waals surface area contributed by atoms with Gasteiger partial charge in [0.15, 0.2) is 0 Å². The smallest absolute Gasteiger partial charge is 0.123 e. The van der Waals surface area contributed by atoms with Gasteiger partial charge >= 0.3 is 0 Å². The van der Waals surface area contributed by atoms with E-state index >= 15 is 0 Å². The third-order valence-corrected chi connectivity index (χ3v) is 3.06. The molecule has 0 aromatic heterocycles. The number of halogens is 2. The first-order chi connectivity index (χ1) is 7.71. The minimum absolute atomic E-state index is 0.134. The standard InChI is InChI=1S/C13H18ClFO2/c1-13(2,3)12(17)11(16)7-8-6-9(15)4-5-10(8)14/h4-6,11-12,16-17H,7H2,1-3H3. The second-order valence-corrected chi connectivity index (χ2v) is 5.73. The topological polar surface area (TPSA) is 40.5 Å². The molecule has 0 aliphatic heterocycles. The predicted molar refractivity (Wildman–Crippen MR) is 66.6 cm³/mol. The SMILES string of the molecule is CC(C)(C)C(O)C(O)Cc1cc(F)ccc1Cl. The van der Waals surface area contributed by atoms with Gasteiger partial charge in [-0.05, 0) is 29.2 Å². The average molecular weight is 261 g/mol. The summed E-state index contributed by atoms with van der Waals surface area (Å²) in [5.41, 5.74) is 0.0710. The Hall–Kier alpha value is -0.640. The van der Waals surface area contributed by atoms with Crippen LogP contribution in [0.2, 0.25) is 5.02 Å². The van der Waals surface area contributed by atoms with Crippen LogP contribution in [0.3, 0.4) is 0 Å². The lowest BCUT2D eigenvalue weighted by Crippen LogP contribution is -2.38. The molecular weight excluding hydrogens is 243 g/mol. The van der Waals surface area contributed by atoms with E-state index in [1.807, 2.05) is 20.8 Å². The molecule has 0 spiro atoms. The zero-order valence-electron chi connectivity index (χ0n) is 10.2. The van der Waals surface area contributed by atoms with Gasteiger partial charge in [-0.1, -0.05) is 32.4 Å². The molecular formula is C13H18ClFO2. The maximum absolute atomic E-state index is 13.0. The van der Waals surface area contributed by atoms with Crippen molar-refractivity contribution in [2.24, 2.45) is 5.41 Å². The lowest BCUT2D eigenvalue weighted by Gasteiger charge is -2.30. The van der Waals surface area contributed by atoms with Gasteiger partial charge < -0.3 is 10.2 Å². The third kappa shape index (κ3) is 3.95. The second kappa shape index (κ2) is 5.34. The summed E-state index contributed by atoms with van der Waals surface area (Å²) in [6.45, 7) is 5.48. The van der Waals surface area contributed by atoms with Gasteiger partial charge in [-0.25, -0.2) is 4.39 Å². The summed E-state index contributed by atoms with van der Waals surface area (Å²) in [6.07, 6.45) is -1.72. The van der Waals surface area contributed by atoms with E-state index in [2.05, 4.69) is 0 Å². The van der Waals surface area contributed by atoms with Crippen molar-refractivity contribution in [1.82, 2.24) is 0 Å². The third-order valence-electron chi connectivity index (χ3n) is 2.69. The maximum Gasteiger partial charge on any atom is 0.123 e. The molecule has 1 aromatic carbocycles.